The molecule has 0 aromatic heterocycles. The zero-order chi connectivity index (χ0) is 13.9. The van der Waals surface area contributed by atoms with Crippen molar-refractivity contribution >= 4 is 0 Å². The molecule has 0 amide bonds. The summed E-state index contributed by atoms with van der Waals surface area (Å²) < 4.78 is 41.4. The number of nitrogens with one attached hydrogen (secondary N) is 1. The molecule has 1 N–H and O–H groups in total. The molecule has 2 rings (SSSR count). The number of rotatable bonds is 4. The van der Waals surface area contributed by atoms with E-state index >= 15 is 0 Å². The van der Waals surface area contributed by atoms with Gasteiger partial charge in [0.2, 0.25) is 0 Å². The molecule has 0 aromatic rings. The molecule has 0 aliphatic heterocycles. The Bertz CT molecular complexity index is 282. The van der Waals surface area contributed by atoms with Crippen LogP contribution < -0.4 is 5.32 Å². The van der Waals surface area contributed by atoms with Crippen LogP contribution in [0.15, 0.2) is 0 Å². The first-order chi connectivity index (χ1) is 8.94. The third-order valence-electron chi connectivity index (χ3n) is 4.42. The zero-order valence-corrected chi connectivity index (χ0v) is 11.5. The summed E-state index contributed by atoms with van der Waals surface area (Å²) in [6, 6.07) is 0.879. The third kappa shape index (κ3) is 4.95. The molecule has 4 unspecified atom stereocenters. The van der Waals surface area contributed by atoms with Crippen molar-refractivity contribution < 1.29 is 17.9 Å². The van der Waals surface area contributed by atoms with Crippen molar-refractivity contribution in [1.82, 2.24) is 5.32 Å². The summed E-state index contributed by atoms with van der Waals surface area (Å²) in [6.07, 6.45) is 2.79. The van der Waals surface area contributed by atoms with E-state index in [0.717, 1.165) is 25.7 Å². The van der Waals surface area contributed by atoms with Crippen LogP contribution in [0.1, 0.15) is 51.9 Å². The van der Waals surface area contributed by atoms with E-state index in [-0.39, 0.29) is 6.10 Å². The number of hydrogen-bond donors (Lipinski definition) is 1. The Labute approximate surface area is 113 Å². The fraction of sp³-hybridized carbons (Fsp3) is 1.00. The van der Waals surface area contributed by atoms with Crippen LogP contribution in [0.5, 0.6) is 0 Å². The highest BCUT2D eigenvalue weighted by molar-refractivity contribution is 4.86. The van der Waals surface area contributed by atoms with Crippen LogP contribution in [-0.2, 0) is 4.74 Å². The Morgan fingerprint density at radius 3 is 2.47 bits per heavy atom. The number of hydrogen-bond acceptors (Lipinski definition) is 2. The van der Waals surface area contributed by atoms with Crippen LogP contribution in [-0.4, -0.2) is 31.0 Å². The molecule has 2 fully saturated rings. The summed E-state index contributed by atoms with van der Waals surface area (Å²) in [7, 11) is 0. The van der Waals surface area contributed by atoms with Crippen molar-refractivity contribution in [1.29, 1.82) is 0 Å². The molecule has 0 radical (unpaired) electrons. The second-order valence-corrected chi connectivity index (χ2v) is 6.09. The lowest BCUT2D eigenvalue weighted by Crippen LogP contribution is -2.44. The molecule has 4 atom stereocenters. The van der Waals surface area contributed by atoms with Gasteiger partial charge in [-0.25, -0.2) is 0 Å². The molecule has 5 heteroatoms. The van der Waals surface area contributed by atoms with Gasteiger partial charge in [0, 0.05) is 12.1 Å². The molecular formula is C14H24F3NO. The van der Waals surface area contributed by atoms with Gasteiger partial charge >= 0.3 is 6.18 Å². The first kappa shape index (κ1) is 15.1. The minimum atomic E-state index is -4.21. The first-order valence-electron chi connectivity index (χ1n) is 7.38. The quantitative estimate of drug-likeness (QED) is 0.848. The molecule has 0 spiro atoms. The van der Waals surface area contributed by atoms with Gasteiger partial charge in [-0.1, -0.05) is 13.3 Å². The van der Waals surface area contributed by atoms with Crippen molar-refractivity contribution in [3.63, 3.8) is 0 Å². The SMILES string of the molecule is CC1CCCC1NC1CCCC(OCC(F)(F)F)C1. The minimum absolute atomic E-state index is 0.232. The number of alkyl halides is 3. The molecule has 0 heterocycles. The van der Waals surface area contributed by atoms with E-state index in [9.17, 15) is 13.2 Å². The van der Waals surface area contributed by atoms with Gasteiger partial charge < -0.3 is 10.1 Å². The van der Waals surface area contributed by atoms with Crippen molar-refractivity contribution in [2.75, 3.05) is 6.61 Å². The van der Waals surface area contributed by atoms with Crippen molar-refractivity contribution in [2.45, 2.75) is 76.2 Å². The molecule has 2 saturated carbocycles. The molecule has 0 aromatic carbocycles. The van der Waals surface area contributed by atoms with Crippen LogP contribution >= 0.6 is 0 Å². The summed E-state index contributed by atoms with van der Waals surface area (Å²) in [4.78, 5) is 0. The smallest absolute Gasteiger partial charge is 0.369 e. The summed E-state index contributed by atoms with van der Waals surface area (Å²) in [5.41, 5.74) is 0. The average molecular weight is 279 g/mol. The van der Waals surface area contributed by atoms with Gasteiger partial charge in [0.05, 0.1) is 6.10 Å². The van der Waals surface area contributed by atoms with Crippen molar-refractivity contribution in [3.8, 4) is 0 Å². The highest BCUT2D eigenvalue weighted by Crippen LogP contribution is 2.29. The van der Waals surface area contributed by atoms with E-state index < -0.39 is 12.8 Å². The van der Waals surface area contributed by atoms with Gasteiger partial charge in [-0.15, -0.1) is 0 Å². The van der Waals surface area contributed by atoms with Gasteiger partial charge in [0.25, 0.3) is 0 Å². The highest BCUT2D eigenvalue weighted by Gasteiger charge is 2.32. The maximum absolute atomic E-state index is 12.1. The fourth-order valence-corrected chi connectivity index (χ4v) is 3.36. The molecule has 2 aliphatic carbocycles. The van der Waals surface area contributed by atoms with E-state index in [1.54, 1.807) is 0 Å². The van der Waals surface area contributed by atoms with Crippen molar-refractivity contribution in [3.05, 3.63) is 0 Å². The lowest BCUT2D eigenvalue weighted by atomic mass is 9.91. The zero-order valence-electron chi connectivity index (χ0n) is 11.5. The van der Waals surface area contributed by atoms with E-state index in [2.05, 4.69) is 12.2 Å². The standard InChI is InChI=1S/C14H24F3NO/c1-10-4-2-7-13(10)18-11-5-3-6-12(8-11)19-9-14(15,16)17/h10-13,18H,2-9H2,1H3. The summed E-state index contributed by atoms with van der Waals surface area (Å²) in [6.45, 7) is 1.15. The highest BCUT2D eigenvalue weighted by atomic mass is 19.4. The van der Waals surface area contributed by atoms with E-state index in [1.807, 2.05) is 0 Å². The maximum atomic E-state index is 12.1. The van der Waals surface area contributed by atoms with Crippen LogP contribution in [0, 0.1) is 5.92 Å². The molecule has 0 bridgehead atoms. The van der Waals surface area contributed by atoms with Crippen LogP contribution in [0.3, 0.4) is 0 Å². The van der Waals surface area contributed by atoms with E-state index in [0.29, 0.717) is 18.0 Å². The van der Waals surface area contributed by atoms with Crippen LogP contribution in [0.4, 0.5) is 13.2 Å². The average Bonchev–Trinajstić information content (AvgIpc) is 2.72. The predicted molar refractivity (Wildman–Crippen MR) is 68.0 cm³/mol. The van der Waals surface area contributed by atoms with E-state index in [4.69, 9.17) is 4.74 Å². The summed E-state index contributed by atoms with van der Waals surface area (Å²) in [5.74, 6) is 0.691. The molecule has 112 valence electrons. The Hall–Kier alpha value is -0.290. The number of ether oxygens (including phenoxy) is 1. The Morgan fingerprint density at radius 1 is 1.11 bits per heavy atom. The van der Waals surface area contributed by atoms with Gasteiger partial charge in [0.15, 0.2) is 0 Å². The van der Waals surface area contributed by atoms with Crippen LogP contribution in [0.2, 0.25) is 0 Å². The molecule has 2 nitrogen and oxygen atoms in total. The predicted octanol–water partition coefficient (Wildman–Crippen LogP) is 3.65. The number of halogens is 3. The van der Waals surface area contributed by atoms with E-state index in [1.165, 1.54) is 19.3 Å². The molecular weight excluding hydrogens is 255 g/mol. The second kappa shape index (κ2) is 6.44. The normalized spacial score (nSPS) is 36.6. The van der Waals surface area contributed by atoms with Gasteiger partial charge in [-0.3, -0.25) is 0 Å². The topological polar surface area (TPSA) is 21.3 Å². The van der Waals surface area contributed by atoms with Gasteiger partial charge in [-0.05, 0) is 44.4 Å². The largest absolute Gasteiger partial charge is 0.411 e. The lowest BCUT2D eigenvalue weighted by molar-refractivity contribution is -0.188. The maximum Gasteiger partial charge on any atom is 0.411 e. The molecule has 2 aliphatic rings. The Balaban J connectivity index is 1.74. The fourth-order valence-electron chi connectivity index (χ4n) is 3.36. The second-order valence-electron chi connectivity index (χ2n) is 6.09. The van der Waals surface area contributed by atoms with Gasteiger partial charge in [0.1, 0.15) is 6.61 Å². The minimum Gasteiger partial charge on any atom is -0.369 e. The van der Waals surface area contributed by atoms with Crippen LogP contribution in [0.25, 0.3) is 0 Å². The Kier molecular flexibility index (Phi) is 5.12. The summed E-state index contributed by atoms with van der Waals surface area (Å²) in [5, 5.41) is 3.63. The molecule has 19 heavy (non-hydrogen) atoms. The van der Waals surface area contributed by atoms with Crippen molar-refractivity contribution in [2.24, 2.45) is 5.92 Å². The monoisotopic (exact) mass is 279 g/mol. The third-order valence-corrected chi connectivity index (χ3v) is 4.42. The first-order valence-corrected chi connectivity index (χ1v) is 7.38. The Morgan fingerprint density at radius 2 is 1.84 bits per heavy atom. The lowest BCUT2D eigenvalue weighted by Gasteiger charge is -2.33. The summed E-state index contributed by atoms with van der Waals surface area (Å²) >= 11 is 0. The molecule has 0 saturated heterocycles. The van der Waals surface area contributed by atoms with Gasteiger partial charge in [-0.2, -0.15) is 13.2 Å².